The maximum Gasteiger partial charge on any atom is 0.139 e. The van der Waals surface area contributed by atoms with Crippen molar-refractivity contribution >= 4 is 23.0 Å². The third-order valence-electron chi connectivity index (χ3n) is 7.16. The second-order valence-electron chi connectivity index (χ2n) is 9.44. The predicted molar refractivity (Wildman–Crippen MR) is 136 cm³/mol. The summed E-state index contributed by atoms with van der Waals surface area (Å²) in [6.45, 7) is 4.57. The van der Waals surface area contributed by atoms with E-state index in [-0.39, 0.29) is 0 Å². The van der Waals surface area contributed by atoms with Gasteiger partial charge >= 0.3 is 0 Å². The highest BCUT2D eigenvalue weighted by molar-refractivity contribution is 6.33. The van der Waals surface area contributed by atoms with E-state index in [1.54, 1.807) is 0 Å². The van der Waals surface area contributed by atoms with Gasteiger partial charge in [-0.1, -0.05) is 54.1 Å². The Balaban J connectivity index is 1.27. The van der Waals surface area contributed by atoms with E-state index in [2.05, 4.69) is 63.5 Å². The van der Waals surface area contributed by atoms with Crippen LogP contribution in [0.5, 0.6) is 0 Å². The van der Waals surface area contributed by atoms with Crippen molar-refractivity contribution in [3.63, 3.8) is 0 Å². The van der Waals surface area contributed by atoms with Gasteiger partial charge in [-0.25, -0.2) is 4.98 Å². The smallest absolute Gasteiger partial charge is 0.139 e. The molecule has 0 saturated heterocycles. The van der Waals surface area contributed by atoms with Crippen LogP contribution in [-0.4, -0.2) is 27.0 Å². The van der Waals surface area contributed by atoms with Crippen LogP contribution in [-0.2, 0) is 13.0 Å². The van der Waals surface area contributed by atoms with E-state index in [1.807, 2.05) is 36.5 Å². The number of anilines is 2. The second-order valence-corrected chi connectivity index (χ2v) is 9.85. The molecule has 1 aliphatic carbocycles. The molecule has 4 nitrogen and oxygen atoms in total. The molecule has 166 valence electrons. The van der Waals surface area contributed by atoms with Crippen molar-refractivity contribution < 1.29 is 0 Å². The topological polar surface area (TPSA) is 44.0 Å². The molecule has 0 unspecified atom stereocenters. The summed E-state index contributed by atoms with van der Waals surface area (Å²) in [7, 11) is 0. The molecular formula is C28H27ClN4. The monoisotopic (exact) mass is 454 g/mol. The molecule has 3 aromatic carbocycles. The number of fused-ring (bicyclic) bond motifs is 1. The van der Waals surface area contributed by atoms with Crippen molar-refractivity contribution in [1.29, 1.82) is 0 Å². The number of nitrogens with zero attached hydrogens (tertiary/aromatic N) is 2. The van der Waals surface area contributed by atoms with Crippen molar-refractivity contribution in [1.82, 2.24) is 14.9 Å². The number of rotatable bonds is 5. The Labute approximate surface area is 199 Å². The van der Waals surface area contributed by atoms with Crippen LogP contribution in [0.2, 0.25) is 5.02 Å². The fraction of sp³-hybridized carbons (Fsp3) is 0.250. The molecule has 0 spiro atoms. The molecule has 5 heteroatoms. The third-order valence-corrected chi connectivity index (χ3v) is 7.49. The molecule has 33 heavy (non-hydrogen) atoms. The van der Waals surface area contributed by atoms with E-state index in [0.29, 0.717) is 10.6 Å². The van der Waals surface area contributed by atoms with Gasteiger partial charge in [-0.2, -0.15) is 0 Å². The number of nitrogens with one attached hydrogen (secondary N) is 2. The number of aromatic amines is 1. The van der Waals surface area contributed by atoms with Crippen LogP contribution in [0.3, 0.4) is 0 Å². The van der Waals surface area contributed by atoms with Gasteiger partial charge in [0.25, 0.3) is 0 Å². The molecule has 4 aromatic rings. The van der Waals surface area contributed by atoms with Gasteiger partial charge in [-0.05, 0) is 67.1 Å². The quantitative estimate of drug-likeness (QED) is 0.339. The summed E-state index contributed by atoms with van der Waals surface area (Å²) in [6.07, 6.45) is 5.59. The minimum absolute atomic E-state index is 0.424. The van der Waals surface area contributed by atoms with Gasteiger partial charge in [-0.3, -0.25) is 4.90 Å². The van der Waals surface area contributed by atoms with Crippen molar-refractivity contribution in [2.75, 3.05) is 11.9 Å². The molecule has 2 heterocycles. The van der Waals surface area contributed by atoms with Gasteiger partial charge in [0.15, 0.2) is 0 Å². The van der Waals surface area contributed by atoms with E-state index in [9.17, 15) is 0 Å². The van der Waals surface area contributed by atoms with E-state index >= 15 is 0 Å². The van der Waals surface area contributed by atoms with E-state index in [0.717, 1.165) is 47.8 Å². The van der Waals surface area contributed by atoms with Crippen LogP contribution < -0.4 is 5.32 Å². The fourth-order valence-corrected chi connectivity index (χ4v) is 5.05. The average Bonchev–Trinajstić information content (AvgIpc) is 3.41. The predicted octanol–water partition coefficient (Wildman–Crippen LogP) is 7.05. The van der Waals surface area contributed by atoms with Gasteiger partial charge in [-0.15, -0.1) is 0 Å². The molecule has 0 radical (unpaired) electrons. The van der Waals surface area contributed by atoms with E-state index in [4.69, 9.17) is 11.6 Å². The van der Waals surface area contributed by atoms with Crippen LogP contribution in [0.25, 0.3) is 22.6 Å². The van der Waals surface area contributed by atoms with Gasteiger partial charge in [0.2, 0.25) is 0 Å². The number of benzene rings is 3. The Bertz CT molecular complexity index is 1310. The molecule has 0 atom stereocenters. The zero-order chi connectivity index (χ0) is 22.4. The average molecular weight is 455 g/mol. The molecule has 1 saturated carbocycles. The number of halogens is 1. The molecule has 1 aromatic heterocycles. The maximum atomic E-state index is 6.58. The zero-order valence-electron chi connectivity index (χ0n) is 18.7. The van der Waals surface area contributed by atoms with Crippen molar-refractivity contribution in [2.24, 2.45) is 0 Å². The lowest BCUT2D eigenvalue weighted by atomic mass is 9.96. The summed E-state index contributed by atoms with van der Waals surface area (Å²) in [5.41, 5.74) is 8.46. The number of H-pyrrole nitrogens is 1. The largest absolute Gasteiger partial charge is 0.355 e. The molecule has 2 N–H and O–H groups in total. The standard InChI is InChI=1S/C28H27ClN4/c1-28(13-14-28)33-15-12-22-20(18-33)8-5-9-25(22)31-21-10-11-24(29)23(16-21)27-30-17-26(32-27)19-6-3-2-4-7-19/h2-11,16-17,31H,12-15,18H2,1H3,(H,30,32). The van der Waals surface area contributed by atoms with E-state index in [1.165, 1.54) is 29.7 Å². The van der Waals surface area contributed by atoms with Crippen molar-refractivity contribution in [3.8, 4) is 22.6 Å². The van der Waals surface area contributed by atoms with Gasteiger partial charge < -0.3 is 10.3 Å². The number of aromatic nitrogens is 2. The summed E-state index contributed by atoms with van der Waals surface area (Å²) in [6, 6.07) is 22.9. The first-order valence-corrected chi connectivity index (χ1v) is 12.0. The van der Waals surface area contributed by atoms with Crippen molar-refractivity contribution in [3.05, 3.63) is 89.1 Å². The van der Waals surface area contributed by atoms with Gasteiger partial charge in [0.1, 0.15) is 5.82 Å². The minimum Gasteiger partial charge on any atom is -0.355 e. The Morgan fingerprint density at radius 3 is 2.70 bits per heavy atom. The summed E-state index contributed by atoms with van der Waals surface area (Å²) in [5.74, 6) is 0.769. The summed E-state index contributed by atoms with van der Waals surface area (Å²) in [5, 5.41) is 4.34. The molecule has 6 rings (SSSR count). The number of hydrogen-bond donors (Lipinski definition) is 2. The first-order chi connectivity index (χ1) is 16.1. The normalized spacial score (nSPS) is 16.9. The van der Waals surface area contributed by atoms with Crippen LogP contribution in [0.15, 0.2) is 72.9 Å². The molecule has 1 aliphatic heterocycles. The molecule has 0 bridgehead atoms. The lowest BCUT2D eigenvalue weighted by molar-refractivity contribution is 0.173. The summed E-state index contributed by atoms with van der Waals surface area (Å²) >= 11 is 6.58. The Morgan fingerprint density at radius 1 is 1.03 bits per heavy atom. The highest BCUT2D eigenvalue weighted by Crippen LogP contribution is 2.44. The summed E-state index contributed by atoms with van der Waals surface area (Å²) < 4.78 is 0. The first kappa shape index (κ1) is 20.5. The fourth-order valence-electron chi connectivity index (χ4n) is 4.85. The van der Waals surface area contributed by atoms with Gasteiger partial charge in [0.05, 0.1) is 16.9 Å². The lowest BCUT2D eigenvalue weighted by Gasteiger charge is -2.35. The summed E-state index contributed by atoms with van der Waals surface area (Å²) in [4.78, 5) is 10.7. The first-order valence-electron chi connectivity index (χ1n) is 11.6. The molecule has 0 amide bonds. The van der Waals surface area contributed by atoms with Crippen LogP contribution in [0.4, 0.5) is 11.4 Å². The van der Waals surface area contributed by atoms with Gasteiger partial charge in [0, 0.05) is 35.6 Å². The Kier molecular flexibility index (Phi) is 5.01. The Morgan fingerprint density at radius 2 is 1.88 bits per heavy atom. The van der Waals surface area contributed by atoms with E-state index < -0.39 is 0 Å². The highest BCUT2D eigenvalue weighted by Gasteiger charge is 2.44. The lowest BCUT2D eigenvalue weighted by Crippen LogP contribution is -2.39. The minimum atomic E-state index is 0.424. The van der Waals surface area contributed by atoms with Crippen LogP contribution in [0.1, 0.15) is 30.9 Å². The van der Waals surface area contributed by atoms with Crippen LogP contribution in [0, 0.1) is 0 Å². The molecule has 2 aliphatic rings. The zero-order valence-corrected chi connectivity index (χ0v) is 19.5. The molecular weight excluding hydrogens is 428 g/mol. The van der Waals surface area contributed by atoms with Crippen molar-refractivity contribution in [2.45, 2.75) is 38.3 Å². The highest BCUT2D eigenvalue weighted by atomic mass is 35.5. The SMILES string of the molecule is CC1(N2CCc3c(cccc3Nc3ccc(Cl)c(-c4ncc(-c5ccccc5)[nH]4)c3)C2)CC1. The molecule has 1 fully saturated rings. The third kappa shape index (κ3) is 3.94. The van der Waals surface area contributed by atoms with Crippen LogP contribution >= 0.6 is 11.6 Å². The Hall–Kier alpha value is -3.08. The maximum absolute atomic E-state index is 6.58. The number of imidazole rings is 1. The second kappa shape index (κ2) is 8.05. The number of hydrogen-bond acceptors (Lipinski definition) is 3.